The summed E-state index contributed by atoms with van der Waals surface area (Å²) < 4.78 is 4.19. The third-order valence-corrected chi connectivity index (χ3v) is 10.5. The number of carbonyl (C=O) groups is 2. The van der Waals surface area contributed by atoms with Gasteiger partial charge in [-0.1, -0.05) is 35.9 Å². The maximum absolute atomic E-state index is 12.3. The average Bonchev–Trinajstić information content (AvgIpc) is 3.83. The Bertz CT molecular complexity index is 1970. The van der Waals surface area contributed by atoms with Crippen molar-refractivity contribution in [2.24, 2.45) is 0 Å². The monoisotopic (exact) mass is 672 g/mol. The van der Waals surface area contributed by atoms with E-state index in [2.05, 4.69) is 88.9 Å². The predicted octanol–water partition coefficient (Wildman–Crippen LogP) is 4.62. The highest BCUT2D eigenvalue weighted by Crippen LogP contribution is 2.29. The number of benzene rings is 2. The summed E-state index contributed by atoms with van der Waals surface area (Å²) in [5.74, 6) is 0.128. The molecule has 3 aromatic heterocycles. The van der Waals surface area contributed by atoms with E-state index in [1.807, 2.05) is 36.9 Å². The van der Waals surface area contributed by atoms with Gasteiger partial charge in [-0.25, -0.2) is 9.97 Å². The van der Waals surface area contributed by atoms with Crippen LogP contribution in [-0.4, -0.2) is 98.1 Å². The van der Waals surface area contributed by atoms with Crippen LogP contribution in [0.2, 0.25) is 0 Å². The van der Waals surface area contributed by atoms with Crippen LogP contribution >= 0.6 is 0 Å². The number of hydrogen-bond acceptors (Lipinski definition) is 9. The zero-order valence-electron chi connectivity index (χ0n) is 28.5. The molecule has 0 saturated carbocycles. The molecule has 50 heavy (non-hydrogen) atoms. The van der Waals surface area contributed by atoms with Crippen LogP contribution < -0.4 is 15.5 Å². The molecule has 2 aromatic carbocycles. The Balaban J connectivity index is 0.788. The summed E-state index contributed by atoms with van der Waals surface area (Å²) in [6.45, 7) is 10.5. The third-order valence-electron chi connectivity index (χ3n) is 10.5. The van der Waals surface area contributed by atoms with E-state index in [0.717, 1.165) is 93.4 Å². The van der Waals surface area contributed by atoms with Gasteiger partial charge in [-0.2, -0.15) is 5.10 Å². The van der Waals surface area contributed by atoms with E-state index in [1.54, 1.807) is 0 Å². The largest absolute Gasteiger partial charge is 0.369 e. The fraction of sp³-hybridized carbons (Fsp3) is 0.395. The van der Waals surface area contributed by atoms with Gasteiger partial charge in [-0.15, -0.1) is 0 Å². The number of imide groups is 1. The molecule has 0 spiro atoms. The molecule has 6 heterocycles. The van der Waals surface area contributed by atoms with Crippen LogP contribution in [0.25, 0.3) is 16.9 Å². The summed E-state index contributed by atoms with van der Waals surface area (Å²) in [6, 6.07) is 17.2. The van der Waals surface area contributed by atoms with Gasteiger partial charge in [0.1, 0.15) is 0 Å². The Kier molecular flexibility index (Phi) is 9.03. The van der Waals surface area contributed by atoms with Gasteiger partial charge in [0.15, 0.2) is 11.5 Å². The Morgan fingerprint density at radius 2 is 1.66 bits per heavy atom. The number of aromatic nitrogens is 5. The van der Waals surface area contributed by atoms with Gasteiger partial charge >= 0.3 is 0 Å². The minimum atomic E-state index is -0.233. The lowest BCUT2D eigenvalue weighted by Crippen LogP contribution is -2.49. The third kappa shape index (κ3) is 6.86. The second kappa shape index (κ2) is 14.0. The number of anilines is 3. The smallest absolute Gasteiger partial charge is 0.234 e. The summed E-state index contributed by atoms with van der Waals surface area (Å²) in [5, 5.41) is 10.7. The number of aryl methyl sites for hydroxylation is 1. The van der Waals surface area contributed by atoms with Crippen molar-refractivity contribution in [3.8, 4) is 11.3 Å². The molecule has 3 saturated heterocycles. The normalized spacial score (nSPS) is 19.6. The summed E-state index contributed by atoms with van der Waals surface area (Å²) in [5.41, 5.74) is 7.21. The number of rotatable bonds is 9. The number of likely N-dealkylation sites (tertiary alicyclic amines) is 1. The fourth-order valence-electron chi connectivity index (χ4n) is 7.61. The number of piperidine rings is 2. The molecule has 0 bridgehead atoms. The van der Waals surface area contributed by atoms with Crippen LogP contribution in [-0.2, 0) is 9.59 Å². The molecule has 2 amide bonds. The number of amides is 2. The molecule has 1 atom stereocenters. The van der Waals surface area contributed by atoms with Gasteiger partial charge < -0.3 is 15.1 Å². The lowest BCUT2D eigenvalue weighted by molar-refractivity contribution is -0.134. The van der Waals surface area contributed by atoms with Gasteiger partial charge in [-0.05, 0) is 49.9 Å². The number of carbonyl (C=O) groups excluding carboxylic acids is 2. The quantitative estimate of drug-likeness (QED) is 0.217. The maximum atomic E-state index is 12.3. The van der Waals surface area contributed by atoms with Crippen LogP contribution in [0.3, 0.4) is 0 Å². The first-order valence-corrected chi connectivity index (χ1v) is 17.8. The van der Waals surface area contributed by atoms with Crippen molar-refractivity contribution in [3.05, 3.63) is 90.6 Å². The number of fused-ring (bicyclic) bond motifs is 1. The van der Waals surface area contributed by atoms with E-state index in [9.17, 15) is 9.59 Å². The van der Waals surface area contributed by atoms with Crippen molar-refractivity contribution in [2.45, 2.75) is 44.6 Å². The van der Waals surface area contributed by atoms with Gasteiger partial charge in [0.25, 0.3) is 0 Å². The Labute approximate surface area is 292 Å². The number of nitrogens with one attached hydrogen (secondary N) is 2. The molecule has 3 aliphatic rings. The highest BCUT2D eigenvalue weighted by atomic mass is 16.2. The van der Waals surface area contributed by atoms with Gasteiger partial charge in [0.2, 0.25) is 11.8 Å². The van der Waals surface area contributed by atoms with Crippen molar-refractivity contribution in [3.63, 3.8) is 0 Å². The molecule has 0 radical (unpaired) electrons. The molecule has 8 rings (SSSR count). The maximum Gasteiger partial charge on any atom is 0.234 e. The molecule has 3 aliphatic heterocycles. The molecule has 1 unspecified atom stereocenters. The van der Waals surface area contributed by atoms with Crippen LogP contribution in [0.5, 0.6) is 0 Å². The van der Waals surface area contributed by atoms with Crippen LogP contribution in [0.15, 0.2) is 79.5 Å². The minimum absolute atomic E-state index is 0.172. The van der Waals surface area contributed by atoms with Gasteiger partial charge in [0.05, 0.1) is 35.7 Å². The SMILES string of the molecule is Cc1cccc(-c2cnc(Nc3cnn(C4CCN(CCN5CCN(c6ccc(C7CCC(=O)NC7=O)cc6)CC5)CC4)c3)c3nccn23)c1. The fourth-order valence-corrected chi connectivity index (χ4v) is 7.61. The molecule has 12 nitrogen and oxygen atoms in total. The van der Waals surface area contributed by atoms with Crippen molar-refractivity contribution < 1.29 is 9.59 Å². The zero-order valence-corrected chi connectivity index (χ0v) is 28.5. The van der Waals surface area contributed by atoms with Gasteiger partial charge in [0, 0.05) is 88.6 Å². The average molecular weight is 673 g/mol. The minimum Gasteiger partial charge on any atom is -0.369 e. The number of imidazole rings is 1. The molecule has 5 aromatic rings. The van der Waals surface area contributed by atoms with E-state index in [1.165, 1.54) is 11.3 Å². The molecular weight excluding hydrogens is 628 g/mol. The standard InChI is InChI=1S/C38H44N10O2/c1-27-3-2-4-29(23-27)34-25-40-36(37-39-13-16-47(34)37)42-30-24-41-48(26-30)32-11-14-44(15-12-32)17-18-45-19-21-46(22-20-45)31-7-5-28(6-8-31)33-9-10-35(49)43-38(33)50/h2-8,13,16,23-26,32-33H,9-12,14-15,17-22H2,1H3,(H,40,42)(H,43,49,50). The molecule has 258 valence electrons. The molecule has 2 N–H and O–H groups in total. The second-order valence-electron chi connectivity index (χ2n) is 13.8. The van der Waals surface area contributed by atoms with E-state index in [4.69, 9.17) is 10.1 Å². The van der Waals surface area contributed by atoms with Crippen molar-refractivity contribution in [1.82, 2.24) is 39.3 Å². The summed E-state index contributed by atoms with van der Waals surface area (Å²) in [4.78, 5) is 40.7. The van der Waals surface area contributed by atoms with Crippen LogP contribution in [0.4, 0.5) is 17.2 Å². The first-order chi connectivity index (χ1) is 24.5. The molecule has 0 aliphatic carbocycles. The lowest BCUT2D eigenvalue weighted by atomic mass is 9.90. The molecule has 3 fully saturated rings. The number of hydrogen-bond donors (Lipinski definition) is 2. The van der Waals surface area contributed by atoms with Crippen LogP contribution in [0.1, 0.15) is 48.8 Å². The first-order valence-electron chi connectivity index (χ1n) is 17.8. The number of nitrogens with zero attached hydrogens (tertiary/aromatic N) is 8. The van der Waals surface area contributed by atoms with Crippen molar-refractivity contribution in [1.29, 1.82) is 0 Å². The van der Waals surface area contributed by atoms with E-state index >= 15 is 0 Å². The van der Waals surface area contributed by atoms with Gasteiger partial charge in [-0.3, -0.25) is 28.9 Å². The lowest BCUT2D eigenvalue weighted by Gasteiger charge is -2.38. The number of piperazine rings is 1. The van der Waals surface area contributed by atoms with E-state index in [-0.39, 0.29) is 17.7 Å². The second-order valence-corrected chi connectivity index (χ2v) is 13.8. The van der Waals surface area contributed by atoms with E-state index < -0.39 is 0 Å². The summed E-state index contributed by atoms with van der Waals surface area (Å²) >= 11 is 0. The summed E-state index contributed by atoms with van der Waals surface area (Å²) in [7, 11) is 0. The van der Waals surface area contributed by atoms with Crippen molar-refractivity contribution >= 4 is 34.7 Å². The predicted molar refractivity (Wildman–Crippen MR) is 194 cm³/mol. The topological polar surface area (TPSA) is 116 Å². The highest BCUT2D eigenvalue weighted by molar-refractivity contribution is 6.01. The Morgan fingerprint density at radius 3 is 2.42 bits per heavy atom. The highest BCUT2D eigenvalue weighted by Gasteiger charge is 2.28. The van der Waals surface area contributed by atoms with E-state index in [0.29, 0.717) is 24.7 Å². The van der Waals surface area contributed by atoms with Crippen molar-refractivity contribution in [2.75, 3.05) is 62.6 Å². The Hall–Kier alpha value is -5.07. The summed E-state index contributed by atoms with van der Waals surface area (Å²) in [6.07, 6.45) is 12.8. The molecule has 12 heteroatoms. The Morgan fingerprint density at radius 1 is 0.880 bits per heavy atom. The molecular formula is C38H44N10O2. The zero-order chi connectivity index (χ0) is 34.0. The first kappa shape index (κ1) is 32.2. The van der Waals surface area contributed by atoms with Crippen LogP contribution in [0, 0.1) is 6.92 Å².